The summed E-state index contributed by atoms with van der Waals surface area (Å²) in [5.74, 6) is 0.251. The van der Waals surface area contributed by atoms with Crippen molar-refractivity contribution in [2.24, 2.45) is 0 Å². The third-order valence-electron chi connectivity index (χ3n) is 3.69. The summed E-state index contributed by atoms with van der Waals surface area (Å²) in [6, 6.07) is 11.6. The summed E-state index contributed by atoms with van der Waals surface area (Å²) in [6.45, 7) is 2.44. The molecule has 0 aliphatic carbocycles. The fraction of sp³-hybridized carbons (Fsp3) is 0.278. The van der Waals surface area contributed by atoms with E-state index in [-0.39, 0.29) is 17.6 Å². The maximum Gasteiger partial charge on any atom is 0.167 e. The number of halogens is 1. The van der Waals surface area contributed by atoms with Gasteiger partial charge in [-0.1, -0.05) is 31.2 Å². The van der Waals surface area contributed by atoms with Crippen molar-refractivity contribution in [1.82, 2.24) is 10.6 Å². The van der Waals surface area contributed by atoms with Gasteiger partial charge in [0.05, 0.1) is 13.2 Å². The lowest BCUT2D eigenvalue weighted by molar-refractivity contribution is 0.373. The van der Waals surface area contributed by atoms with Gasteiger partial charge in [0.2, 0.25) is 0 Å². The van der Waals surface area contributed by atoms with Crippen LogP contribution in [0, 0.1) is 5.82 Å². The Bertz CT molecular complexity index is 709. The van der Waals surface area contributed by atoms with Gasteiger partial charge in [-0.05, 0) is 42.4 Å². The Kier molecular flexibility index (Phi) is 6.37. The highest BCUT2D eigenvalue weighted by atomic mass is 32.1. The van der Waals surface area contributed by atoms with Gasteiger partial charge in [-0.15, -0.1) is 0 Å². The summed E-state index contributed by atoms with van der Waals surface area (Å²) >= 11 is 5.30. The number of ether oxygens (including phenoxy) is 1. The van der Waals surface area contributed by atoms with Gasteiger partial charge in [0.25, 0.3) is 0 Å². The summed E-state index contributed by atoms with van der Waals surface area (Å²) in [5, 5.41) is 16.3. The Labute approximate surface area is 146 Å². The first-order valence-electron chi connectivity index (χ1n) is 7.69. The Balaban J connectivity index is 1.96. The van der Waals surface area contributed by atoms with Crippen LogP contribution in [0.15, 0.2) is 42.5 Å². The van der Waals surface area contributed by atoms with Crippen LogP contribution >= 0.6 is 12.2 Å². The summed E-state index contributed by atoms with van der Waals surface area (Å²) in [4.78, 5) is 0. The normalized spacial score (nSPS) is 11.6. The average molecular weight is 348 g/mol. The summed E-state index contributed by atoms with van der Waals surface area (Å²) in [5.41, 5.74) is 1.50. The van der Waals surface area contributed by atoms with Gasteiger partial charge in [0.1, 0.15) is 5.82 Å². The first kappa shape index (κ1) is 18.0. The number of benzene rings is 2. The van der Waals surface area contributed by atoms with Crippen molar-refractivity contribution < 1.29 is 14.2 Å². The second-order valence-electron chi connectivity index (χ2n) is 5.32. The van der Waals surface area contributed by atoms with Crippen molar-refractivity contribution >= 4 is 17.3 Å². The lowest BCUT2D eigenvalue weighted by Gasteiger charge is -2.20. The van der Waals surface area contributed by atoms with Crippen LogP contribution in [0.1, 0.15) is 30.5 Å². The Morgan fingerprint density at radius 2 is 2.04 bits per heavy atom. The van der Waals surface area contributed by atoms with Crippen LogP contribution in [0.2, 0.25) is 0 Å². The number of phenolic OH excluding ortho intramolecular Hbond substituents is 1. The van der Waals surface area contributed by atoms with Crippen molar-refractivity contribution in [3.05, 3.63) is 59.4 Å². The number of aromatic hydroxyl groups is 1. The molecule has 128 valence electrons. The Morgan fingerprint density at radius 1 is 1.29 bits per heavy atom. The zero-order valence-electron chi connectivity index (χ0n) is 13.7. The van der Waals surface area contributed by atoms with E-state index in [9.17, 15) is 9.50 Å². The standard InChI is InChI=1S/C18H21FN2O2S/c1-3-15(13-6-4-5-7-14(13)19)21-18(24)20-11-12-8-9-16(22)17(10-12)23-2/h4-10,15,22H,3,11H2,1-2H3,(H2,20,21,24). The van der Waals surface area contributed by atoms with Crippen molar-refractivity contribution in [2.75, 3.05) is 7.11 Å². The zero-order valence-corrected chi connectivity index (χ0v) is 14.5. The SMILES string of the molecule is CCC(NC(=S)NCc1ccc(O)c(OC)c1)c1ccccc1F. The average Bonchev–Trinajstić information content (AvgIpc) is 2.59. The molecule has 2 aromatic carbocycles. The van der Waals surface area contributed by atoms with Gasteiger partial charge in [-0.3, -0.25) is 0 Å². The molecule has 2 rings (SSSR count). The summed E-state index contributed by atoms with van der Waals surface area (Å²) in [7, 11) is 1.50. The molecule has 0 saturated carbocycles. The van der Waals surface area contributed by atoms with E-state index < -0.39 is 0 Å². The lowest BCUT2D eigenvalue weighted by atomic mass is 10.0. The molecular weight excluding hydrogens is 327 g/mol. The smallest absolute Gasteiger partial charge is 0.167 e. The van der Waals surface area contributed by atoms with Gasteiger partial charge in [0.15, 0.2) is 16.6 Å². The molecular formula is C18H21FN2O2S. The van der Waals surface area contributed by atoms with Gasteiger partial charge in [-0.2, -0.15) is 0 Å². The molecule has 1 unspecified atom stereocenters. The molecule has 0 radical (unpaired) electrons. The van der Waals surface area contributed by atoms with Crippen molar-refractivity contribution in [2.45, 2.75) is 25.9 Å². The fourth-order valence-electron chi connectivity index (χ4n) is 2.38. The molecule has 0 aliphatic rings. The molecule has 0 saturated heterocycles. The van der Waals surface area contributed by atoms with Gasteiger partial charge in [-0.25, -0.2) is 4.39 Å². The Hall–Kier alpha value is -2.34. The van der Waals surface area contributed by atoms with Gasteiger partial charge < -0.3 is 20.5 Å². The highest BCUT2D eigenvalue weighted by molar-refractivity contribution is 7.80. The number of hydrogen-bond donors (Lipinski definition) is 3. The lowest BCUT2D eigenvalue weighted by Crippen LogP contribution is -2.37. The predicted molar refractivity (Wildman–Crippen MR) is 96.7 cm³/mol. The maximum atomic E-state index is 13.9. The van der Waals surface area contributed by atoms with Crippen LogP contribution in [0.4, 0.5) is 4.39 Å². The second-order valence-corrected chi connectivity index (χ2v) is 5.72. The minimum absolute atomic E-state index is 0.0903. The third kappa shape index (κ3) is 4.58. The van der Waals surface area contributed by atoms with E-state index >= 15 is 0 Å². The largest absolute Gasteiger partial charge is 0.504 e. The minimum atomic E-state index is -0.247. The fourth-order valence-corrected chi connectivity index (χ4v) is 2.60. The molecule has 0 aromatic heterocycles. The molecule has 0 heterocycles. The Morgan fingerprint density at radius 3 is 2.71 bits per heavy atom. The number of phenols is 1. The van der Waals surface area contributed by atoms with E-state index in [0.717, 1.165) is 5.56 Å². The van der Waals surface area contributed by atoms with Crippen molar-refractivity contribution in [3.8, 4) is 11.5 Å². The molecule has 0 bridgehead atoms. The summed E-state index contributed by atoms with van der Waals surface area (Å²) in [6.07, 6.45) is 0.704. The minimum Gasteiger partial charge on any atom is -0.504 e. The topological polar surface area (TPSA) is 53.5 Å². The van der Waals surface area contributed by atoms with Crippen LogP contribution in [0.5, 0.6) is 11.5 Å². The molecule has 6 heteroatoms. The van der Waals surface area contributed by atoms with E-state index in [0.29, 0.717) is 29.4 Å². The summed E-state index contributed by atoms with van der Waals surface area (Å²) < 4.78 is 19.0. The number of rotatable bonds is 6. The van der Waals surface area contributed by atoms with Gasteiger partial charge >= 0.3 is 0 Å². The predicted octanol–water partition coefficient (Wildman–Crippen LogP) is 3.66. The molecule has 2 aromatic rings. The molecule has 0 amide bonds. The molecule has 0 fully saturated rings. The molecule has 4 nitrogen and oxygen atoms in total. The van der Waals surface area contributed by atoms with Gasteiger partial charge in [0, 0.05) is 12.1 Å². The number of hydrogen-bond acceptors (Lipinski definition) is 3. The van der Waals surface area contributed by atoms with Crippen LogP contribution in [-0.4, -0.2) is 17.3 Å². The van der Waals surface area contributed by atoms with E-state index in [2.05, 4.69) is 10.6 Å². The van der Waals surface area contributed by atoms with Crippen LogP contribution in [-0.2, 0) is 6.54 Å². The third-order valence-corrected chi connectivity index (χ3v) is 3.95. The number of nitrogens with one attached hydrogen (secondary N) is 2. The number of thiocarbonyl (C=S) groups is 1. The monoisotopic (exact) mass is 348 g/mol. The number of methoxy groups -OCH3 is 1. The molecule has 0 spiro atoms. The van der Waals surface area contributed by atoms with Crippen LogP contribution < -0.4 is 15.4 Å². The van der Waals surface area contributed by atoms with Crippen LogP contribution in [0.25, 0.3) is 0 Å². The molecule has 24 heavy (non-hydrogen) atoms. The maximum absolute atomic E-state index is 13.9. The van der Waals surface area contributed by atoms with E-state index in [1.165, 1.54) is 13.2 Å². The first-order chi connectivity index (χ1) is 11.5. The quantitative estimate of drug-likeness (QED) is 0.696. The highest BCUT2D eigenvalue weighted by Crippen LogP contribution is 2.26. The van der Waals surface area contributed by atoms with E-state index in [1.807, 2.05) is 13.0 Å². The molecule has 0 aliphatic heterocycles. The first-order valence-corrected chi connectivity index (χ1v) is 8.10. The second kappa shape index (κ2) is 8.49. The molecule has 3 N–H and O–H groups in total. The van der Waals surface area contributed by atoms with E-state index in [1.54, 1.807) is 30.3 Å². The zero-order chi connectivity index (χ0) is 17.5. The van der Waals surface area contributed by atoms with Crippen molar-refractivity contribution in [1.29, 1.82) is 0 Å². The molecule has 1 atom stereocenters. The van der Waals surface area contributed by atoms with Crippen LogP contribution in [0.3, 0.4) is 0 Å². The van der Waals surface area contributed by atoms with Crippen molar-refractivity contribution in [3.63, 3.8) is 0 Å². The van der Waals surface area contributed by atoms with E-state index in [4.69, 9.17) is 17.0 Å². The highest BCUT2D eigenvalue weighted by Gasteiger charge is 2.14.